The van der Waals surface area contributed by atoms with Crippen LogP contribution in [0, 0.1) is 0 Å². The second-order valence-electron chi connectivity index (χ2n) is 6.65. The maximum Gasteiger partial charge on any atom is 0.344 e. The van der Waals surface area contributed by atoms with E-state index in [1.54, 1.807) is 29.8 Å². The highest BCUT2D eigenvalue weighted by Gasteiger charge is 2.23. The molecule has 0 radical (unpaired) electrons. The molecule has 1 aliphatic rings. The molecule has 1 amide bonds. The number of nitrogens with one attached hydrogen (secondary N) is 1. The number of carbonyl (C=O) groups excluding carboxylic acids is 1. The lowest BCUT2D eigenvalue weighted by Gasteiger charge is -2.34. The first kappa shape index (κ1) is 20.2. The van der Waals surface area contributed by atoms with E-state index in [9.17, 15) is 4.79 Å². The highest BCUT2D eigenvalue weighted by atomic mass is 35.5. The molecule has 2 aromatic heterocycles. The molecule has 0 aliphatic carbocycles. The van der Waals surface area contributed by atoms with Crippen LogP contribution in [0.3, 0.4) is 0 Å². The fourth-order valence-electron chi connectivity index (χ4n) is 3.28. The largest absolute Gasteiger partial charge is 0.344 e. The number of carbonyl (C=O) groups is 1. The number of piperazine rings is 1. The predicted molar refractivity (Wildman–Crippen MR) is 120 cm³/mol. The summed E-state index contributed by atoms with van der Waals surface area (Å²) in [5.74, 6) is 0.684. The molecule has 0 spiro atoms. The van der Waals surface area contributed by atoms with Gasteiger partial charge in [0.05, 0.1) is 5.02 Å². The van der Waals surface area contributed by atoms with Crippen LogP contribution in [-0.4, -0.2) is 63.0 Å². The van der Waals surface area contributed by atoms with Crippen LogP contribution >= 0.6 is 34.9 Å². The van der Waals surface area contributed by atoms with Gasteiger partial charge in [-0.05, 0) is 17.7 Å². The predicted octanol–water partition coefficient (Wildman–Crippen LogP) is 4.14. The first-order valence-electron chi connectivity index (χ1n) is 9.18. The van der Waals surface area contributed by atoms with E-state index in [2.05, 4.69) is 31.8 Å². The molecule has 0 bridgehead atoms. The summed E-state index contributed by atoms with van der Waals surface area (Å²) in [6, 6.07) is 7.82. The van der Waals surface area contributed by atoms with E-state index in [4.69, 9.17) is 11.6 Å². The molecule has 0 atom stereocenters. The third kappa shape index (κ3) is 4.75. The zero-order valence-corrected chi connectivity index (χ0v) is 18.3. The lowest BCUT2D eigenvalue weighted by atomic mass is 10.1. The standard InChI is InChI=1S/C19H21ClN6OS2/c1-28-23-17-4-6-26(22-17)19(27)25-9-7-24(8-10-25)13-14-2-3-16(20)15(12-14)18-21-5-11-29-18/h2-6,11-12H,7-10,13H2,1H3,(H,22,23). The van der Waals surface area contributed by atoms with Crippen LogP contribution in [0.2, 0.25) is 5.02 Å². The molecule has 7 nitrogen and oxygen atoms in total. The molecule has 0 unspecified atom stereocenters. The van der Waals surface area contributed by atoms with Gasteiger partial charge in [-0.2, -0.15) is 4.68 Å². The minimum absolute atomic E-state index is 0.0867. The fraction of sp³-hybridized carbons (Fsp3) is 0.316. The Morgan fingerprint density at radius 3 is 2.83 bits per heavy atom. The summed E-state index contributed by atoms with van der Waals surface area (Å²) in [5.41, 5.74) is 2.17. The van der Waals surface area contributed by atoms with Gasteiger partial charge in [0.2, 0.25) is 0 Å². The molecule has 152 valence electrons. The third-order valence-electron chi connectivity index (χ3n) is 4.73. The van der Waals surface area contributed by atoms with Gasteiger partial charge in [0.15, 0.2) is 5.82 Å². The van der Waals surface area contributed by atoms with E-state index in [0.717, 1.165) is 30.2 Å². The zero-order valence-electron chi connectivity index (χ0n) is 15.9. The second-order valence-corrected chi connectivity index (χ2v) is 8.56. The van der Waals surface area contributed by atoms with Crippen LogP contribution in [0.25, 0.3) is 10.6 Å². The van der Waals surface area contributed by atoms with Gasteiger partial charge in [0.25, 0.3) is 0 Å². The lowest BCUT2D eigenvalue weighted by molar-refractivity contribution is 0.134. The van der Waals surface area contributed by atoms with Crippen molar-refractivity contribution in [2.75, 3.05) is 37.2 Å². The van der Waals surface area contributed by atoms with Crippen molar-refractivity contribution in [3.63, 3.8) is 0 Å². The van der Waals surface area contributed by atoms with Crippen molar-refractivity contribution in [1.29, 1.82) is 0 Å². The highest BCUT2D eigenvalue weighted by molar-refractivity contribution is 7.99. The Kier molecular flexibility index (Phi) is 6.39. The summed E-state index contributed by atoms with van der Waals surface area (Å²) in [7, 11) is 0. The Morgan fingerprint density at radius 1 is 1.28 bits per heavy atom. The van der Waals surface area contributed by atoms with Crippen molar-refractivity contribution in [3.05, 3.63) is 52.6 Å². The molecular formula is C19H21ClN6OS2. The molecule has 1 saturated heterocycles. The highest BCUT2D eigenvalue weighted by Crippen LogP contribution is 2.30. The normalized spacial score (nSPS) is 14.9. The van der Waals surface area contributed by atoms with E-state index < -0.39 is 0 Å². The van der Waals surface area contributed by atoms with Crippen LogP contribution in [0.15, 0.2) is 42.0 Å². The Bertz CT molecular complexity index is 969. The minimum Gasteiger partial charge on any atom is -0.320 e. The molecule has 3 heterocycles. The first-order chi connectivity index (χ1) is 14.1. The number of nitrogens with zero attached hydrogens (tertiary/aromatic N) is 5. The fourth-order valence-corrected chi connectivity index (χ4v) is 4.53. The molecule has 1 N–H and O–H groups in total. The average molecular weight is 449 g/mol. The van der Waals surface area contributed by atoms with Crippen LogP contribution in [0.1, 0.15) is 5.56 Å². The monoisotopic (exact) mass is 448 g/mol. The Balaban J connectivity index is 1.35. The van der Waals surface area contributed by atoms with Gasteiger partial charge in [-0.1, -0.05) is 29.6 Å². The Labute approximate surface area is 182 Å². The molecule has 10 heteroatoms. The smallest absolute Gasteiger partial charge is 0.320 e. The van der Waals surface area contributed by atoms with Crippen LogP contribution in [0.4, 0.5) is 10.6 Å². The van der Waals surface area contributed by atoms with Crippen molar-refractivity contribution < 1.29 is 4.79 Å². The number of amides is 1. The molecule has 1 fully saturated rings. The average Bonchev–Trinajstić information content (AvgIpc) is 3.42. The maximum atomic E-state index is 12.6. The number of anilines is 1. The lowest BCUT2D eigenvalue weighted by Crippen LogP contribution is -2.49. The summed E-state index contributed by atoms with van der Waals surface area (Å²) in [6.07, 6.45) is 5.40. The van der Waals surface area contributed by atoms with Crippen molar-refractivity contribution in [1.82, 2.24) is 24.6 Å². The summed E-state index contributed by atoms with van der Waals surface area (Å²) in [6.45, 7) is 3.81. The molecule has 3 aromatic rings. The minimum atomic E-state index is -0.0867. The molecule has 0 saturated carbocycles. The second kappa shape index (κ2) is 9.17. The maximum absolute atomic E-state index is 12.6. The zero-order chi connectivity index (χ0) is 20.2. The molecule has 1 aromatic carbocycles. The Hall–Kier alpha value is -2.07. The number of hydrogen-bond donors (Lipinski definition) is 1. The first-order valence-corrected chi connectivity index (χ1v) is 11.7. The number of hydrogen-bond acceptors (Lipinski definition) is 7. The number of aromatic nitrogens is 3. The van der Waals surface area contributed by atoms with E-state index in [0.29, 0.717) is 23.9 Å². The van der Waals surface area contributed by atoms with Gasteiger partial charge >= 0.3 is 6.03 Å². The number of thiazole rings is 1. The van der Waals surface area contributed by atoms with E-state index in [1.165, 1.54) is 22.2 Å². The molecular weight excluding hydrogens is 428 g/mol. The van der Waals surface area contributed by atoms with Crippen LogP contribution in [-0.2, 0) is 6.54 Å². The summed E-state index contributed by atoms with van der Waals surface area (Å²) >= 11 is 9.39. The van der Waals surface area contributed by atoms with Gasteiger partial charge < -0.3 is 9.62 Å². The van der Waals surface area contributed by atoms with Gasteiger partial charge in [-0.3, -0.25) is 4.90 Å². The van der Waals surface area contributed by atoms with Crippen LogP contribution < -0.4 is 4.72 Å². The van der Waals surface area contributed by atoms with Gasteiger partial charge in [-0.15, -0.1) is 16.4 Å². The number of rotatable bonds is 5. The van der Waals surface area contributed by atoms with Crippen molar-refractivity contribution >= 4 is 46.7 Å². The van der Waals surface area contributed by atoms with E-state index in [1.807, 2.05) is 22.6 Å². The summed E-state index contributed by atoms with van der Waals surface area (Å²) < 4.78 is 4.43. The van der Waals surface area contributed by atoms with Crippen molar-refractivity contribution in [3.8, 4) is 10.6 Å². The quantitative estimate of drug-likeness (QED) is 0.592. The van der Waals surface area contributed by atoms with Gasteiger partial charge in [0.1, 0.15) is 5.01 Å². The van der Waals surface area contributed by atoms with E-state index in [-0.39, 0.29) is 6.03 Å². The summed E-state index contributed by atoms with van der Waals surface area (Å²) in [4.78, 5) is 21.2. The summed E-state index contributed by atoms with van der Waals surface area (Å²) in [5, 5.41) is 7.87. The third-order valence-corrected chi connectivity index (χ3v) is 6.28. The number of halogens is 1. The SMILES string of the molecule is CSNc1ccn(C(=O)N2CCN(Cc3ccc(Cl)c(-c4nccs4)c3)CC2)n1. The Morgan fingerprint density at radius 2 is 2.10 bits per heavy atom. The molecule has 1 aliphatic heterocycles. The molecule has 29 heavy (non-hydrogen) atoms. The van der Waals surface area contributed by atoms with Gasteiger partial charge in [0, 0.05) is 68.4 Å². The van der Waals surface area contributed by atoms with Gasteiger partial charge in [-0.25, -0.2) is 9.78 Å². The van der Waals surface area contributed by atoms with Crippen molar-refractivity contribution in [2.45, 2.75) is 6.54 Å². The molecule has 4 rings (SSSR count). The van der Waals surface area contributed by atoms with Crippen molar-refractivity contribution in [2.24, 2.45) is 0 Å². The van der Waals surface area contributed by atoms with E-state index >= 15 is 0 Å². The number of benzene rings is 1. The van der Waals surface area contributed by atoms with Crippen LogP contribution in [0.5, 0.6) is 0 Å². The topological polar surface area (TPSA) is 66.3 Å².